The van der Waals surface area contributed by atoms with Crippen molar-refractivity contribution in [3.8, 4) is 0 Å². The maximum absolute atomic E-state index is 8.68. The van der Waals surface area contributed by atoms with Gasteiger partial charge in [-0.05, 0) is 18.2 Å². The van der Waals surface area contributed by atoms with Crippen molar-refractivity contribution in [1.29, 1.82) is 0 Å². The van der Waals surface area contributed by atoms with Gasteiger partial charge in [-0.15, -0.1) is 0 Å². The first-order chi connectivity index (χ1) is 10.2. The van der Waals surface area contributed by atoms with E-state index >= 15 is 0 Å². The molecule has 0 atom stereocenters. The maximum atomic E-state index is 8.68. The van der Waals surface area contributed by atoms with Gasteiger partial charge in [-0.1, -0.05) is 28.5 Å². The molecule has 0 fully saturated rings. The van der Waals surface area contributed by atoms with Crippen molar-refractivity contribution in [2.24, 2.45) is 10.9 Å². The highest BCUT2D eigenvalue weighted by molar-refractivity contribution is 7.99. The van der Waals surface area contributed by atoms with Gasteiger partial charge in [-0.3, -0.25) is 0 Å². The number of halogens is 1. The van der Waals surface area contributed by atoms with Crippen LogP contribution in [0.5, 0.6) is 0 Å². The molecular formula is C12H9ClN6OS. The smallest absolute Gasteiger partial charge is 0.181 e. The molecule has 1 aromatic carbocycles. The average molecular weight is 321 g/mol. The number of rotatable bonds is 3. The van der Waals surface area contributed by atoms with Crippen LogP contribution in [0.3, 0.4) is 0 Å². The molecule has 0 bridgehead atoms. The van der Waals surface area contributed by atoms with E-state index in [1.807, 2.05) is 6.07 Å². The third-order valence-corrected chi connectivity index (χ3v) is 4.03. The van der Waals surface area contributed by atoms with Crippen LogP contribution in [0.1, 0.15) is 5.56 Å². The Morgan fingerprint density at radius 3 is 2.95 bits per heavy atom. The van der Waals surface area contributed by atoms with E-state index in [-0.39, 0.29) is 5.84 Å². The zero-order valence-corrected chi connectivity index (χ0v) is 12.1. The summed E-state index contributed by atoms with van der Waals surface area (Å²) in [5, 5.41) is 12.8. The Balaban J connectivity index is 1.95. The third-order valence-electron chi connectivity index (χ3n) is 2.73. The van der Waals surface area contributed by atoms with Crippen LogP contribution in [0.25, 0.3) is 11.2 Å². The zero-order valence-electron chi connectivity index (χ0n) is 10.5. The van der Waals surface area contributed by atoms with Crippen LogP contribution in [0.4, 0.5) is 0 Å². The zero-order chi connectivity index (χ0) is 14.8. The second kappa shape index (κ2) is 5.58. The number of hydrogen-bond donors (Lipinski definition) is 3. The number of imidazole rings is 1. The molecule has 7 nitrogen and oxygen atoms in total. The first-order valence-electron chi connectivity index (χ1n) is 5.78. The highest BCUT2D eigenvalue weighted by atomic mass is 35.5. The minimum Gasteiger partial charge on any atom is -0.409 e. The minimum atomic E-state index is -0.0328. The molecule has 0 aliphatic heterocycles. The van der Waals surface area contributed by atoms with E-state index in [0.29, 0.717) is 16.2 Å². The predicted molar refractivity (Wildman–Crippen MR) is 79.8 cm³/mol. The van der Waals surface area contributed by atoms with Crippen molar-refractivity contribution in [3.63, 3.8) is 0 Å². The van der Waals surface area contributed by atoms with Crippen LogP contribution >= 0.6 is 23.4 Å². The normalized spacial score (nSPS) is 12.0. The lowest BCUT2D eigenvalue weighted by Crippen LogP contribution is -2.13. The topological polar surface area (TPSA) is 113 Å². The highest BCUT2D eigenvalue weighted by Crippen LogP contribution is 2.32. The Morgan fingerprint density at radius 2 is 2.19 bits per heavy atom. The van der Waals surface area contributed by atoms with Gasteiger partial charge in [0.1, 0.15) is 16.9 Å². The lowest BCUT2D eigenvalue weighted by atomic mass is 10.2. The SMILES string of the molecule is NC(=NO)c1ccc(Sc2ncnc3nc[nH]c23)cc1Cl. The van der Waals surface area contributed by atoms with E-state index in [0.717, 1.165) is 15.4 Å². The summed E-state index contributed by atoms with van der Waals surface area (Å²) in [6.07, 6.45) is 3.02. The van der Waals surface area contributed by atoms with Crippen LogP contribution in [0.2, 0.25) is 5.02 Å². The van der Waals surface area contributed by atoms with Gasteiger partial charge in [-0.25, -0.2) is 15.0 Å². The largest absolute Gasteiger partial charge is 0.409 e. The summed E-state index contributed by atoms with van der Waals surface area (Å²) in [7, 11) is 0. The number of nitrogens with one attached hydrogen (secondary N) is 1. The molecule has 4 N–H and O–H groups in total. The number of fused-ring (bicyclic) bond motifs is 1. The predicted octanol–water partition coefficient (Wildman–Crippen LogP) is 2.25. The number of H-pyrrole nitrogens is 1. The summed E-state index contributed by atoms with van der Waals surface area (Å²) in [4.78, 5) is 16.2. The number of nitrogens with two attached hydrogens (primary N) is 1. The Bertz CT molecular complexity index is 833. The van der Waals surface area contributed by atoms with E-state index in [2.05, 4.69) is 25.1 Å². The number of benzene rings is 1. The summed E-state index contributed by atoms with van der Waals surface area (Å²) < 4.78 is 0. The molecule has 106 valence electrons. The molecule has 0 saturated carbocycles. The molecule has 0 aliphatic carbocycles. The summed E-state index contributed by atoms with van der Waals surface area (Å²) >= 11 is 7.54. The van der Waals surface area contributed by atoms with E-state index in [1.54, 1.807) is 18.5 Å². The first kappa shape index (κ1) is 13.7. The van der Waals surface area contributed by atoms with E-state index in [9.17, 15) is 0 Å². The van der Waals surface area contributed by atoms with Gasteiger partial charge in [0.05, 0.1) is 11.3 Å². The highest BCUT2D eigenvalue weighted by Gasteiger charge is 2.10. The van der Waals surface area contributed by atoms with Crippen LogP contribution in [0.15, 0.2) is 45.9 Å². The van der Waals surface area contributed by atoms with Gasteiger partial charge in [0, 0.05) is 10.5 Å². The quantitative estimate of drug-likeness (QED) is 0.224. The molecule has 0 unspecified atom stereocenters. The average Bonchev–Trinajstić information content (AvgIpc) is 2.96. The van der Waals surface area contributed by atoms with Gasteiger partial charge < -0.3 is 15.9 Å². The fourth-order valence-corrected chi connectivity index (χ4v) is 2.98. The van der Waals surface area contributed by atoms with Gasteiger partial charge in [-0.2, -0.15) is 0 Å². The monoisotopic (exact) mass is 320 g/mol. The molecule has 0 radical (unpaired) electrons. The first-order valence-corrected chi connectivity index (χ1v) is 6.98. The standard InChI is InChI=1S/C12H9ClN6OS/c13-8-3-6(1-2-7(8)10(14)19-20)21-12-9-11(16-4-15-9)17-5-18-12/h1-5,20H,(H2,14,19)(H,15,16,17,18). The van der Waals surface area contributed by atoms with Crippen molar-refractivity contribution < 1.29 is 5.21 Å². The minimum absolute atomic E-state index is 0.0328. The summed E-state index contributed by atoms with van der Waals surface area (Å²) in [5.74, 6) is -0.0328. The number of aromatic nitrogens is 4. The van der Waals surface area contributed by atoms with Gasteiger partial charge in [0.15, 0.2) is 11.5 Å². The van der Waals surface area contributed by atoms with Crippen molar-refractivity contribution in [2.45, 2.75) is 9.92 Å². The van der Waals surface area contributed by atoms with Crippen LogP contribution in [-0.4, -0.2) is 31.0 Å². The van der Waals surface area contributed by atoms with Crippen molar-refractivity contribution in [2.75, 3.05) is 0 Å². The third kappa shape index (κ3) is 2.63. The Labute approximate surface area is 128 Å². The summed E-state index contributed by atoms with van der Waals surface area (Å²) in [6, 6.07) is 5.23. The Hall–Kier alpha value is -2.32. The number of hydrogen-bond acceptors (Lipinski definition) is 6. The van der Waals surface area contributed by atoms with E-state index in [1.165, 1.54) is 18.1 Å². The fourth-order valence-electron chi connectivity index (χ4n) is 1.75. The molecule has 0 aliphatic rings. The molecule has 9 heteroatoms. The van der Waals surface area contributed by atoms with Gasteiger partial charge in [0.2, 0.25) is 0 Å². The van der Waals surface area contributed by atoms with Crippen molar-refractivity contribution >= 4 is 40.4 Å². The van der Waals surface area contributed by atoms with Gasteiger partial charge in [0.25, 0.3) is 0 Å². The second-order valence-corrected chi connectivity index (χ2v) is 5.48. The molecule has 0 spiro atoms. The van der Waals surface area contributed by atoms with Gasteiger partial charge >= 0.3 is 0 Å². The number of oxime groups is 1. The fraction of sp³-hybridized carbons (Fsp3) is 0. The molecule has 3 rings (SSSR count). The Morgan fingerprint density at radius 1 is 1.33 bits per heavy atom. The molecular weight excluding hydrogens is 312 g/mol. The molecule has 2 heterocycles. The molecule has 3 aromatic rings. The summed E-state index contributed by atoms with van der Waals surface area (Å²) in [5.41, 5.74) is 7.37. The van der Waals surface area contributed by atoms with Crippen molar-refractivity contribution in [1.82, 2.24) is 19.9 Å². The van der Waals surface area contributed by atoms with Crippen molar-refractivity contribution in [3.05, 3.63) is 41.4 Å². The molecule has 21 heavy (non-hydrogen) atoms. The molecule has 2 aromatic heterocycles. The number of aromatic amines is 1. The van der Waals surface area contributed by atoms with Crippen LogP contribution in [0, 0.1) is 0 Å². The van der Waals surface area contributed by atoms with Crippen LogP contribution < -0.4 is 5.73 Å². The lowest BCUT2D eigenvalue weighted by molar-refractivity contribution is 0.318. The number of nitrogens with zero attached hydrogens (tertiary/aromatic N) is 4. The maximum Gasteiger partial charge on any atom is 0.181 e. The van der Waals surface area contributed by atoms with E-state index in [4.69, 9.17) is 22.5 Å². The number of amidine groups is 1. The second-order valence-electron chi connectivity index (χ2n) is 4.01. The van der Waals surface area contributed by atoms with Crippen LogP contribution in [-0.2, 0) is 0 Å². The van der Waals surface area contributed by atoms with E-state index < -0.39 is 0 Å². The molecule has 0 amide bonds. The Kier molecular flexibility index (Phi) is 3.63. The molecule has 0 saturated heterocycles. The summed E-state index contributed by atoms with van der Waals surface area (Å²) in [6.45, 7) is 0. The lowest BCUT2D eigenvalue weighted by Gasteiger charge is -2.05.